The molecule has 274 valence electrons. The topological polar surface area (TPSA) is 0 Å². The zero-order chi connectivity index (χ0) is 36.5. The van der Waals surface area contributed by atoms with Crippen LogP contribution in [0.4, 0.5) is 0 Å². The Bertz CT molecular complexity index is 2060. The maximum absolute atomic E-state index is 6.85. The number of hydrogen-bond acceptors (Lipinski definition) is 0. The monoisotopic (exact) mass is 848 g/mol. The summed E-state index contributed by atoms with van der Waals surface area (Å²) in [6.07, 6.45) is 7.29. The third-order valence-electron chi connectivity index (χ3n) is 10.8. The van der Waals surface area contributed by atoms with Gasteiger partial charge in [0.25, 0.3) is 0 Å². The first-order valence-electron chi connectivity index (χ1n) is 18.3. The van der Waals surface area contributed by atoms with Gasteiger partial charge < -0.3 is 24.8 Å². The fourth-order valence-electron chi connectivity index (χ4n) is 8.39. The van der Waals surface area contributed by atoms with E-state index < -0.39 is 21.3 Å². The van der Waals surface area contributed by atoms with Crippen LogP contribution < -0.4 is 28.1 Å². The summed E-state index contributed by atoms with van der Waals surface area (Å²) in [5.41, 5.74) is 15.7. The van der Waals surface area contributed by atoms with Crippen molar-refractivity contribution in [3.63, 3.8) is 0 Å². The Balaban J connectivity index is 0.00000302. The first kappa shape index (κ1) is 43.0. The van der Waals surface area contributed by atoms with Crippen molar-refractivity contribution in [1.82, 2.24) is 0 Å². The molecule has 0 nitrogen and oxygen atoms in total. The third-order valence-corrected chi connectivity index (χ3v) is 19.5. The van der Waals surface area contributed by atoms with Gasteiger partial charge in [-0.1, -0.05) is 0 Å². The van der Waals surface area contributed by atoms with E-state index in [0.29, 0.717) is 5.92 Å². The predicted octanol–water partition coefficient (Wildman–Crippen LogP) is 7.19. The first-order valence-corrected chi connectivity index (χ1v) is 22.8. The van der Waals surface area contributed by atoms with Crippen molar-refractivity contribution in [1.29, 1.82) is 0 Å². The van der Waals surface area contributed by atoms with E-state index in [2.05, 4.69) is 150 Å². The van der Waals surface area contributed by atoms with Crippen LogP contribution in [0.25, 0.3) is 11.1 Å². The minimum atomic E-state index is -3.12. The molecule has 4 aromatic rings. The van der Waals surface area contributed by atoms with E-state index in [-0.39, 0.29) is 41.1 Å². The summed E-state index contributed by atoms with van der Waals surface area (Å²) in [4.78, 5) is 0. The molecule has 0 bridgehead atoms. The average molecular weight is 852 g/mol. The van der Waals surface area contributed by atoms with Gasteiger partial charge in [0.1, 0.15) is 0 Å². The standard InChI is InChI=1S/C23H29.C13H8Cl2.C11H17.2ClH.Zr/c1-14-9-16-11-17-10-15(2)21(23(6,7)8)13-19(17)18(16)12-20(14)22(3,4)5;14-12-5-1-3-10(8-12)7-11-4-2-6-13(15)9-11;1-5-9-6-7-10(8-9)11(2,3)4;;;/h9,12-13H,11H2,1-8H3;1-6,8-9H;7-9H,5H2,1-4H3;2*1H;/q;;;;;+2/p-2. The van der Waals surface area contributed by atoms with Crippen molar-refractivity contribution in [2.45, 2.75) is 107 Å². The van der Waals surface area contributed by atoms with Gasteiger partial charge in [-0.05, 0) is 0 Å². The van der Waals surface area contributed by atoms with Gasteiger partial charge in [0.05, 0.1) is 0 Å². The summed E-state index contributed by atoms with van der Waals surface area (Å²) in [6, 6.07) is 24.8. The largest absolute Gasteiger partial charge is 1.00 e. The molecule has 0 fully saturated rings. The van der Waals surface area contributed by atoms with Crippen LogP contribution in [0, 0.1) is 25.2 Å². The zero-order valence-corrected chi connectivity index (χ0v) is 38.5. The summed E-state index contributed by atoms with van der Waals surface area (Å²) >= 11 is 10.6. The summed E-state index contributed by atoms with van der Waals surface area (Å²) in [5.74, 6) is 0.402. The van der Waals surface area contributed by atoms with Crippen LogP contribution >= 0.6 is 23.2 Å². The Kier molecular flexibility index (Phi) is 13.1. The van der Waals surface area contributed by atoms with E-state index >= 15 is 0 Å². The Morgan fingerprint density at radius 2 is 1.25 bits per heavy atom. The van der Waals surface area contributed by atoms with Gasteiger partial charge in [0, 0.05) is 0 Å². The molecule has 0 saturated carbocycles. The summed E-state index contributed by atoms with van der Waals surface area (Å²) in [7, 11) is 0. The molecule has 0 saturated heterocycles. The second-order valence-corrected chi connectivity index (χ2v) is 24.3. The first-order chi connectivity index (χ1) is 23.3. The fraction of sp³-hybridized carbons (Fsp3) is 0.383. The van der Waals surface area contributed by atoms with Gasteiger partial charge in [-0.2, -0.15) is 0 Å². The number of hydrogen-bond donors (Lipinski definition) is 0. The van der Waals surface area contributed by atoms with Crippen LogP contribution in [0.2, 0.25) is 10.0 Å². The van der Waals surface area contributed by atoms with Gasteiger partial charge in [0.2, 0.25) is 0 Å². The van der Waals surface area contributed by atoms with E-state index in [9.17, 15) is 0 Å². The van der Waals surface area contributed by atoms with Crippen molar-refractivity contribution in [2.75, 3.05) is 0 Å². The molecule has 1 atom stereocenters. The van der Waals surface area contributed by atoms with Crippen LogP contribution in [0.1, 0.15) is 120 Å². The van der Waals surface area contributed by atoms with Crippen LogP contribution in [0.3, 0.4) is 0 Å². The van der Waals surface area contributed by atoms with Crippen LogP contribution in [-0.4, -0.2) is 3.21 Å². The smallest absolute Gasteiger partial charge is 1.00 e. The third kappa shape index (κ3) is 8.26. The Morgan fingerprint density at radius 1 is 0.712 bits per heavy atom. The molecule has 2 aliphatic carbocycles. The fourth-order valence-corrected chi connectivity index (χ4v) is 17.9. The van der Waals surface area contributed by atoms with Gasteiger partial charge >= 0.3 is 322 Å². The average Bonchev–Trinajstić information content (AvgIpc) is 3.59. The number of fused-ring (bicyclic) bond motifs is 3. The number of rotatable bonds is 5. The van der Waals surface area contributed by atoms with Crippen LogP contribution in [0.5, 0.6) is 0 Å². The van der Waals surface area contributed by atoms with Crippen molar-refractivity contribution in [3.8, 4) is 11.1 Å². The number of halogens is 4. The summed E-state index contributed by atoms with van der Waals surface area (Å²) in [5, 5.41) is 1.54. The number of aryl methyl sites for hydroxylation is 1. The normalized spacial score (nSPS) is 15.1. The molecule has 0 N–H and O–H groups in total. The Labute approximate surface area is 344 Å². The summed E-state index contributed by atoms with van der Waals surface area (Å²) < 4.78 is 4.77. The molecule has 0 spiro atoms. The summed E-state index contributed by atoms with van der Waals surface area (Å²) in [6.45, 7) is 28.4. The molecule has 0 aromatic heterocycles. The van der Waals surface area contributed by atoms with E-state index in [1.54, 1.807) is 12.1 Å². The van der Waals surface area contributed by atoms with Crippen molar-refractivity contribution in [3.05, 3.63) is 142 Å². The van der Waals surface area contributed by atoms with Crippen LogP contribution in [0.15, 0.2) is 87.7 Å². The minimum absolute atomic E-state index is 0. The number of allylic oxidation sites excluding steroid dienone is 4. The van der Waals surface area contributed by atoms with Crippen molar-refractivity contribution in [2.24, 2.45) is 11.3 Å². The van der Waals surface area contributed by atoms with Gasteiger partial charge in [-0.3, -0.25) is 0 Å². The molecular weight excluding hydrogens is 798 g/mol. The minimum Gasteiger partial charge on any atom is -1.00 e. The number of benzene rings is 4. The Morgan fingerprint density at radius 3 is 1.73 bits per heavy atom. The molecule has 0 amide bonds. The maximum Gasteiger partial charge on any atom is -1.00 e. The SMILES string of the molecule is CCC1C=C(C(C)(C)C)C=[C]1[Zr+2](=[C](c1cccc(Cl)c1)c1cccc(Cl)c1)[c]1c(C)c(C(C)(C)C)cc2c1Cc1cc(C)c(C(C)(C)C)cc1-2.[Cl-].[Cl-]. The maximum atomic E-state index is 6.85. The molecule has 5 heteroatoms. The molecule has 2 aliphatic rings. The van der Waals surface area contributed by atoms with Gasteiger partial charge in [-0.25, -0.2) is 0 Å². The van der Waals surface area contributed by atoms with Gasteiger partial charge in [-0.15, -0.1) is 0 Å². The van der Waals surface area contributed by atoms with E-state index in [1.165, 1.54) is 58.9 Å². The second-order valence-electron chi connectivity index (χ2n) is 17.7. The molecule has 0 aliphatic heterocycles. The predicted molar refractivity (Wildman–Crippen MR) is 217 cm³/mol. The van der Waals surface area contributed by atoms with Crippen molar-refractivity contribution < 1.29 is 46.1 Å². The van der Waals surface area contributed by atoms with E-state index in [1.807, 2.05) is 12.1 Å². The molecule has 4 aromatic carbocycles. The molecular formula is C47H54Cl4Zr. The molecule has 1 unspecified atom stereocenters. The molecule has 6 rings (SSSR count). The molecule has 52 heavy (non-hydrogen) atoms. The molecule has 0 heterocycles. The van der Waals surface area contributed by atoms with E-state index in [4.69, 9.17) is 23.2 Å². The van der Waals surface area contributed by atoms with E-state index in [0.717, 1.165) is 22.9 Å². The second kappa shape index (κ2) is 15.8. The van der Waals surface area contributed by atoms with Crippen LogP contribution in [-0.2, 0) is 38.5 Å². The Hall–Kier alpha value is -1.73. The van der Waals surface area contributed by atoms with Crippen molar-refractivity contribution >= 4 is 29.7 Å². The molecule has 0 radical (unpaired) electrons. The quantitative estimate of drug-likeness (QED) is 0.176. The zero-order valence-electron chi connectivity index (χ0n) is 33.0. The van der Waals surface area contributed by atoms with Gasteiger partial charge in [0.15, 0.2) is 0 Å².